The van der Waals surface area contributed by atoms with Crippen molar-refractivity contribution in [1.82, 2.24) is 15.2 Å². The Morgan fingerprint density at radius 2 is 1.78 bits per heavy atom. The number of nitrogens with zero attached hydrogens (tertiary/aromatic N) is 4. The van der Waals surface area contributed by atoms with Crippen molar-refractivity contribution in [2.75, 3.05) is 10.6 Å². The molecule has 0 spiro atoms. The summed E-state index contributed by atoms with van der Waals surface area (Å²) in [5.74, 6) is 0.914. The predicted molar refractivity (Wildman–Crippen MR) is 91.7 cm³/mol. The van der Waals surface area contributed by atoms with E-state index in [4.69, 9.17) is 5.26 Å². The Labute approximate surface area is 141 Å². The van der Waals surface area contributed by atoms with Crippen LogP contribution in [-0.4, -0.2) is 15.2 Å². The van der Waals surface area contributed by atoms with Crippen LogP contribution in [-0.2, 0) is 0 Å². The Bertz CT molecular complexity index is 874. The van der Waals surface area contributed by atoms with E-state index in [9.17, 15) is 0 Å². The third-order valence-corrected chi connectivity index (χ3v) is 3.40. The molecule has 0 radical (unpaired) electrons. The van der Waals surface area contributed by atoms with Crippen molar-refractivity contribution in [3.63, 3.8) is 0 Å². The monoisotopic (exact) mass is 366 g/mol. The van der Waals surface area contributed by atoms with Gasteiger partial charge < -0.3 is 10.6 Å². The van der Waals surface area contributed by atoms with Crippen molar-refractivity contribution in [1.29, 1.82) is 5.26 Å². The highest BCUT2D eigenvalue weighted by Gasteiger charge is 2.03. The van der Waals surface area contributed by atoms with E-state index in [1.165, 1.54) is 6.20 Å². The quantitative estimate of drug-likeness (QED) is 0.725. The number of aromatic nitrogens is 3. The highest BCUT2D eigenvalue weighted by Crippen LogP contribution is 2.20. The first-order chi connectivity index (χ1) is 11.2. The maximum Gasteiger partial charge on any atom is 0.249 e. The molecule has 1 aromatic heterocycles. The molecule has 0 saturated carbocycles. The smallest absolute Gasteiger partial charge is 0.249 e. The summed E-state index contributed by atoms with van der Waals surface area (Å²) in [5, 5.41) is 23.0. The van der Waals surface area contributed by atoms with E-state index in [0.717, 1.165) is 15.8 Å². The number of nitrogens with one attached hydrogen (secondary N) is 2. The minimum absolute atomic E-state index is 0.379. The van der Waals surface area contributed by atoms with Gasteiger partial charge >= 0.3 is 0 Å². The van der Waals surface area contributed by atoms with Gasteiger partial charge in [0.2, 0.25) is 5.95 Å². The second-order valence-corrected chi connectivity index (χ2v) is 5.53. The molecule has 23 heavy (non-hydrogen) atoms. The molecular weight excluding hydrogens is 356 g/mol. The van der Waals surface area contributed by atoms with Crippen LogP contribution in [0.25, 0.3) is 0 Å². The summed E-state index contributed by atoms with van der Waals surface area (Å²) < 4.78 is 0.957. The van der Waals surface area contributed by atoms with Crippen LogP contribution in [0, 0.1) is 11.3 Å². The van der Waals surface area contributed by atoms with Gasteiger partial charge in [-0.15, -0.1) is 5.10 Å². The number of anilines is 4. The van der Waals surface area contributed by atoms with Crippen LogP contribution >= 0.6 is 15.9 Å². The molecule has 0 aliphatic heterocycles. The molecule has 0 unspecified atom stereocenters. The van der Waals surface area contributed by atoms with E-state index in [-0.39, 0.29) is 0 Å². The molecule has 0 aliphatic carbocycles. The van der Waals surface area contributed by atoms with Crippen LogP contribution in [0.4, 0.5) is 23.1 Å². The molecule has 1 heterocycles. The van der Waals surface area contributed by atoms with Crippen LogP contribution < -0.4 is 10.6 Å². The maximum atomic E-state index is 8.93. The lowest BCUT2D eigenvalue weighted by Gasteiger charge is -2.08. The first-order valence-electron chi connectivity index (χ1n) is 6.72. The Kier molecular flexibility index (Phi) is 4.45. The molecule has 0 amide bonds. The van der Waals surface area contributed by atoms with Crippen LogP contribution in [0.5, 0.6) is 0 Å². The van der Waals surface area contributed by atoms with E-state index in [0.29, 0.717) is 17.3 Å². The van der Waals surface area contributed by atoms with Gasteiger partial charge in [0, 0.05) is 15.8 Å². The van der Waals surface area contributed by atoms with E-state index < -0.39 is 0 Å². The Balaban J connectivity index is 1.78. The number of halogens is 1. The molecule has 0 aliphatic rings. The van der Waals surface area contributed by atoms with Crippen LogP contribution in [0.1, 0.15) is 5.56 Å². The van der Waals surface area contributed by atoms with Gasteiger partial charge in [0.05, 0.1) is 17.8 Å². The van der Waals surface area contributed by atoms with Crippen LogP contribution in [0.3, 0.4) is 0 Å². The average Bonchev–Trinajstić information content (AvgIpc) is 2.55. The van der Waals surface area contributed by atoms with Gasteiger partial charge in [-0.05, 0) is 36.4 Å². The first kappa shape index (κ1) is 14.9. The van der Waals surface area contributed by atoms with Crippen molar-refractivity contribution in [3.8, 4) is 6.07 Å². The second-order valence-electron chi connectivity index (χ2n) is 4.62. The molecule has 0 atom stereocenters. The number of benzene rings is 2. The van der Waals surface area contributed by atoms with E-state index >= 15 is 0 Å². The fraction of sp³-hybridized carbons (Fsp3) is 0. The van der Waals surface area contributed by atoms with Crippen molar-refractivity contribution in [2.24, 2.45) is 0 Å². The Morgan fingerprint density at radius 3 is 2.57 bits per heavy atom. The minimum atomic E-state index is 0.379. The summed E-state index contributed by atoms with van der Waals surface area (Å²) in [4.78, 5) is 4.35. The van der Waals surface area contributed by atoms with Crippen LogP contribution in [0.2, 0.25) is 0 Å². The molecule has 7 heteroatoms. The molecule has 2 N–H and O–H groups in total. The lowest BCUT2D eigenvalue weighted by Crippen LogP contribution is -2.02. The Morgan fingerprint density at radius 1 is 1.00 bits per heavy atom. The minimum Gasteiger partial charge on any atom is -0.339 e. The summed E-state index contributed by atoms with van der Waals surface area (Å²) in [6, 6.07) is 16.9. The number of rotatable bonds is 4. The molecule has 2 aromatic carbocycles. The largest absolute Gasteiger partial charge is 0.339 e. The Hall–Kier alpha value is -2.98. The zero-order valence-electron chi connectivity index (χ0n) is 11.9. The topological polar surface area (TPSA) is 86.5 Å². The molecule has 3 aromatic rings. The van der Waals surface area contributed by atoms with Gasteiger partial charge in [0.15, 0.2) is 5.82 Å². The highest BCUT2D eigenvalue weighted by atomic mass is 79.9. The van der Waals surface area contributed by atoms with Gasteiger partial charge in [-0.2, -0.15) is 15.3 Å². The number of nitriles is 1. The fourth-order valence-corrected chi connectivity index (χ4v) is 2.33. The van der Waals surface area contributed by atoms with Crippen molar-refractivity contribution in [2.45, 2.75) is 0 Å². The van der Waals surface area contributed by atoms with E-state index in [2.05, 4.69) is 47.8 Å². The molecule has 6 nitrogen and oxygen atoms in total. The predicted octanol–water partition coefficient (Wildman–Crippen LogP) is 3.99. The highest BCUT2D eigenvalue weighted by molar-refractivity contribution is 9.10. The third-order valence-electron chi connectivity index (χ3n) is 2.90. The normalized spacial score (nSPS) is 9.91. The molecule has 0 bridgehead atoms. The maximum absolute atomic E-state index is 8.93. The first-order valence-corrected chi connectivity index (χ1v) is 7.52. The summed E-state index contributed by atoms with van der Waals surface area (Å²) in [5.41, 5.74) is 2.19. The van der Waals surface area contributed by atoms with Gasteiger partial charge in [-0.1, -0.05) is 28.1 Å². The average molecular weight is 367 g/mol. The zero-order valence-corrected chi connectivity index (χ0v) is 13.4. The summed E-state index contributed by atoms with van der Waals surface area (Å²) in [7, 11) is 0. The van der Waals surface area contributed by atoms with Crippen LogP contribution in [0.15, 0.2) is 59.2 Å². The van der Waals surface area contributed by atoms with Gasteiger partial charge in [0.1, 0.15) is 0 Å². The standard InChI is InChI=1S/C16H11BrN6/c17-12-4-2-6-14(8-12)21-16-22-15(10-19-23-16)20-13-5-1-3-11(7-13)9-18/h1-8,10H,(H2,20,21,22,23). The zero-order chi connectivity index (χ0) is 16.1. The number of hydrogen-bond donors (Lipinski definition) is 2. The molecule has 112 valence electrons. The molecule has 0 saturated heterocycles. The van der Waals surface area contributed by atoms with Crippen molar-refractivity contribution in [3.05, 3.63) is 64.8 Å². The van der Waals surface area contributed by atoms with E-state index in [1.807, 2.05) is 30.3 Å². The molecule has 0 fully saturated rings. The summed E-state index contributed by atoms with van der Waals surface area (Å²) in [6.45, 7) is 0. The second kappa shape index (κ2) is 6.85. The summed E-state index contributed by atoms with van der Waals surface area (Å²) in [6.07, 6.45) is 1.52. The lowest BCUT2D eigenvalue weighted by atomic mass is 10.2. The van der Waals surface area contributed by atoms with Gasteiger partial charge in [0.25, 0.3) is 0 Å². The molecular formula is C16H11BrN6. The lowest BCUT2D eigenvalue weighted by molar-refractivity contribution is 0.982. The van der Waals surface area contributed by atoms with Crippen molar-refractivity contribution >= 4 is 39.1 Å². The number of hydrogen-bond acceptors (Lipinski definition) is 6. The van der Waals surface area contributed by atoms with Gasteiger partial charge in [-0.25, -0.2) is 0 Å². The van der Waals surface area contributed by atoms with E-state index in [1.54, 1.807) is 18.2 Å². The summed E-state index contributed by atoms with van der Waals surface area (Å²) >= 11 is 3.41. The fourth-order valence-electron chi connectivity index (χ4n) is 1.93. The SMILES string of the molecule is N#Cc1cccc(Nc2cnnc(Nc3cccc(Br)c3)n2)c1. The third kappa shape index (κ3) is 4.02. The van der Waals surface area contributed by atoms with Gasteiger partial charge in [-0.3, -0.25) is 0 Å². The van der Waals surface area contributed by atoms with Crippen molar-refractivity contribution < 1.29 is 0 Å². The molecule has 3 rings (SSSR count).